The van der Waals surface area contributed by atoms with E-state index in [0.29, 0.717) is 32.0 Å². The van der Waals surface area contributed by atoms with E-state index in [0.717, 1.165) is 0 Å². The van der Waals surface area contributed by atoms with Crippen molar-refractivity contribution in [1.82, 2.24) is 15.4 Å². The van der Waals surface area contributed by atoms with Crippen molar-refractivity contribution in [3.63, 3.8) is 0 Å². The average Bonchev–Trinajstić information content (AvgIpc) is 3.14. The third kappa shape index (κ3) is 6.60. The maximum Gasteiger partial charge on any atom is 0.347 e. The lowest BCUT2D eigenvalue weighted by atomic mass is 9.99. The summed E-state index contributed by atoms with van der Waals surface area (Å²) in [5.41, 5.74) is 2.09. The summed E-state index contributed by atoms with van der Waals surface area (Å²) in [6, 6.07) is 16.3. The molecule has 1 heterocycles. The van der Waals surface area contributed by atoms with Crippen LogP contribution in [0.4, 0.5) is 26.7 Å². The zero-order valence-electron chi connectivity index (χ0n) is 22.3. The van der Waals surface area contributed by atoms with Gasteiger partial charge in [0.05, 0.1) is 16.7 Å². The summed E-state index contributed by atoms with van der Waals surface area (Å²) in [7, 11) is 0. The molecule has 1 aliphatic rings. The number of hydroxylamine groups is 2. The molecule has 0 radical (unpaired) electrons. The molecule has 1 saturated heterocycles. The van der Waals surface area contributed by atoms with Crippen molar-refractivity contribution in [2.45, 2.75) is 25.6 Å². The zero-order chi connectivity index (χ0) is 30.6. The normalized spacial score (nSPS) is 16.0. The van der Waals surface area contributed by atoms with E-state index < -0.39 is 41.1 Å². The summed E-state index contributed by atoms with van der Waals surface area (Å²) in [4.78, 5) is 52.3. The summed E-state index contributed by atoms with van der Waals surface area (Å²) in [5.74, 6) is -0.665. The summed E-state index contributed by atoms with van der Waals surface area (Å²) in [5, 5.41) is 29.6. The Kier molecular flexibility index (Phi) is 8.95. The number of carbonyl (C=O) groups excluding carboxylic acids is 3. The number of benzene rings is 3. The number of hydrogen-bond acceptors (Lipinski definition) is 7. The second kappa shape index (κ2) is 12.4. The van der Waals surface area contributed by atoms with Crippen LogP contribution in [0.25, 0.3) is 0 Å². The van der Waals surface area contributed by atoms with E-state index in [1.165, 1.54) is 40.3 Å². The van der Waals surface area contributed by atoms with Gasteiger partial charge in [0, 0.05) is 33.6 Å². The van der Waals surface area contributed by atoms with Crippen LogP contribution in [0.1, 0.15) is 19.4 Å². The Morgan fingerprint density at radius 2 is 1.62 bits per heavy atom. The van der Waals surface area contributed by atoms with Crippen LogP contribution in [0.5, 0.6) is 0 Å². The first-order valence-electron chi connectivity index (χ1n) is 12.4. The minimum atomic E-state index is -1.30. The number of halogens is 2. The van der Waals surface area contributed by atoms with Crippen molar-refractivity contribution < 1.29 is 24.5 Å². The van der Waals surface area contributed by atoms with Crippen molar-refractivity contribution in [3.8, 4) is 0 Å². The number of anilines is 2. The molecule has 1 aliphatic heterocycles. The number of nitrogens with one attached hydrogen (secondary N) is 2. The Morgan fingerprint density at radius 1 is 1.05 bits per heavy atom. The first-order valence-corrected chi connectivity index (χ1v) is 13.1. The van der Waals surface area contributed by atoms with Crippen molar-refractivity contribution in [2.24, 2.45) is 5.10 Å². The zero-order valence-corrected chi connectivity index (χ0v) is 23.8. The molecule has 3 N–H and O–H groups in total. The maximum atomic E-state index is 13.7. The van der Waals surface area contributed by atoms with Crippen LogP contribution in [0.3, 0.4) is 0 Å². The predicted octanol–water partition coefficient (Wildman–Crippen LogP) is 5.32. The van der Waals surface area contributed by atoms with E-state index in [1.807, 2.05) is 0 Å². The van der Waals surface area contributed by atoms with Crippen molar-refractivity contribution in [3.05, 3.63) is 98.5 Å². The molecule has 0 spiro atoms. The second-order valence-electron chi connectivity index (χ2n) is 9.67. The van der Waals surface area contributed by atoms with Gasteiger partial charge in [-0.3, -0.25) is 25.0 Å². The van der Waals surface area contributed by atoms with Gasteiger partial charge in [-0.05, 0) is 80.1 Å². The lowest BCUT2D eigenvalue weighted by Gasteiger charge is -2.38. The molecule has 0 aliphatic carbocycles. The number of amides is 5. The Labute approximate surface area is 250 Å². The molecule has 1 fully saturated rings. The van der Waals surface area contributed by atoms with E-state index in [-0.39, 0.29) is 5.69 Å². The largest absolute Gasteiger partial charge is 0.347 e. The topological polar surface area (TPSA) is 161 Å². The molecule has 4 rings (SSSR count). The SMILES string of the molecule is CC1(C)C(N(O)C(=O)Nc2ccc(Cl)cc2)N(c2ccc(Cl)cc2)C(=O)N1CC(=O)N/N=C\c1ccc([N+](=O)[O-])cc1. The monoisotopic (exact) mass is 613 g/mol. The van der Waals surface area contributed by atoms with E-state index in [2.05, 4.69) is 15.8 Å². The number of non-ortho nitro benzene ring substituents is 1. The molecule has 15 heteroatoms. The quantitative estimate of drug-likeness (QED) is 0.135. The molecule has 3 aromatic carbocycles. The first-order chi connectivity index (χ1) is 19.9. The van der Waals surface area contributed by atoms with Crippen LogP contribution in [0, 0.1) is 10.1 Å². The summed E-state index contributed by atoms with van der Waals surface area (Å²) < 4.78 is 0. The van der Waals surface area contributed by atoms with Crippen LogP contribution in [0.2, 0.25) is 10.0 Å². The van der Waals surface area contributed by atoms with Gasteiger partial charge in [-0.1, -0.05) is 23.2 Å². The molecule has 0 aromatic heterocycles. The summed E-state index contributed by atoms with van der Waals surface area (Å²) in [6.07, 6.45) is 0.00712. The number of nitro benzene ring substituents is 1. The van der Waals surface area contributed by atoms with Gasteiger partial charge in [0.2, 0.25) is 0 Å². The summed E-state index contributed by atoms with van der Waals surface area (Å²) >= 11 is 11.9. The molecule has 0 bridgehead atoms. The molecular formula is C27H25Cl2N7O6. The Bertz CT molecular complexity index is 1520. The Morgan fingerprint density at radius 3 is 2.19 bits per heavy atom. The van der Waals surface area contributed by atoms with Crippen molar-refractivity contribution in [2.75, 3.05) is 16.8 Å². The van der Waals surface area contributed by atoms with Crippen LogP contribution >= 0.6 is 23.2 Å². The van der Waals surface area contributed by atoms with Crippen LogP contribution in [0.15, 0.2) is 77.9 Å². The molecule has 1 atom stereocenters. The fraction of sp³-hybridized carbons (Fsp3) is 0.185. The predicted molar refractivity (Wildman–Crippen MR) is 157 cm³/mol. The highest BCUT2D eigenvalue weighted by Gasteiger charge is 2.56. The smallest absolute Gasteiger partial charge is 0.306 e. The van der Waals surface area contributed by atoms with Gasteiger partial charge in [0.1, 0.15) is 6.54 Å². The fourth-order valence-corrected chi connectivity index (χ4v) is 4.59. The van der Waals surface area contributed by atoms with Gasteiger partial charge < -0.3 is 10.2 Å². The fourth-order valence-electron chi connectivity index (χ4n) is 4.33. The lowest BCUT2D eigenvalue weighted by molar-refractivity contribution is -0.384. The minimum Gasteiger partial charge on any atom is -0.306 e. The molecule has 218 valence electrons. The highest BCUT2D eigenvalue weighted by Crippen LogP contribution is 2.38. The Balaban J connectivity index is 1.55. The third-order valence-corrected chi connectivity index (χ3v) is 6.96. The molecule has 0 saturated carbocycles. The van der Waals surface area contributed by atoms with Crippen molar-refractivity contribution >= 4 is 64.4 Å². The number of nitrogens with zero attached hydrogens (tertiary/aromatic N) is 5. The Hall–Kier alpha value is -4.72. The van der Waals surface area contributed by atoms with E-state index >= 15 is 0 Å². The molecule has 3 aromatic rings. The summed E-state index contributed by atoms with van der Waals surface area (Å²) in [6.45, 7) is 2.71. The highest BCUT2D eigenvalue weighted by atomic mass is 35.5. The minimum absolute atomic E-state index is 0.0921. The van der Waals surface area contributed by atoms with Gasteiger partial charge in [-0.25, -0.2) is 15.0 Å². The number of carbonyl (C=O) groups is 3. The van der Waals surface area contributed by atoms with E-state index in [4.69, 9.17) is 23.2 Å². The van der Waals surface area contributed by atoms with E-state index in [9.17, 15) is 29.7 Å². The molecule has 13 nitrogen and oxygen atoms in total. The van der Waals surface area contributed by atoms with Crippen molar-refractivity contribution in [1.29, 1.82) is 0 Å². The maximum absolute atomic E-state index is 13.7. The lowest BCUT2D eigenvalue weighted by Crippen LogP contribution is -2.58. The standard InChI is InChI=1S/C27H25Cl2N7O6/c1-27(2)24(35(40)25(38)31-20-9-5-18(28)6-10-20)34(21-13-7-19(29)8-14-21)26(39)33(27)16-23(37)32-30-15-17-3-11-22(12-4-17)36(41)42/h3-15,24,40H,16H2,1-2H3,(H,31,38)(H,32,37)/b30-15-. The van der Waals surface area contributed by atoms with Crippen LogP contribution in [-0.2, 0) is 4.79 Å². The first kappa shape index (κ1) is 30.2. The van der Waals surface area contributed by atoms with Gasteiger partial charge in [-0.2, -0.15) is 10.2 Å². The number of nitro groups is 1. The number of hydrazone groups is 1. The molecule has 5 amide bonds. The van der Waals surface area contributed by atoms with Gasteiger partial charge in [-0.15, -0.1) is 0 Å². The molecular weight excluding hydrogens is 589 g/mol. The van der Waals surface area contributed by atoms with E-state index in [1.54, 1.807) is 62.4 Å². The van der Waals surface area contributed by atoms with Gasteiger partial charge >= 0.3 is 12.1 Å². The molecule has 1 unspecified atom stereocenters. The van der Waals surface area contributed by atoms with Gasteiger partial charge in [0.15, 0.2) is 6.17 Å². The average molecular weight is 614 g/mol. The third-order valence-electron chi connectivity index (χ3n) is 6.46. The van der Waals surface area contributed by atoms with Gasteiger partial charge in [0.25, 0.3) is 11.6 Å². The van der Waals surface area contributed by atoms with Crippen LogP contribution in [-0.4, -0.2) is 62.5 Å². The molecule has 42 heavy (non-hydrogen) atoms. The second-order valence-corrected chi connectivity index (χ2v) is 10.5. The highest BCUT2D eigenvalue weighted by molar-refractivity contribution is 6.31. The number of hydrogen-bond donors (Lipinski definition) is 3. The van der Waals surface area contributed by atoms with Crippen LogP contribution < -0.4 is 15.6 Å². The number of urea groups is 2. The number of rotatable bonds is 8.